The van der Waals surface area contributed by atoms with Gasteiger partial charge in [0.15, 0.2) is 5.13 Å². The third kappa shape index (κ3) is 3.54. The molecule has 0 bridgehead atoms. The molecule has 0 aliphatic heterocycles. The van der Waals surface area contributed by atoms with Gasteiger partial charge in [0.2, 0.25) is 0 Å². The maximum Gasteiger partial charge on any atom is 0.311 e. The number of aryl methyl sites for hydroxylation is 1. The summed E-state index contributed by atoms with van der Waals surface area (Å²) in [5.74, 6) is -0.263. The van der Waals surface area contributed by atoms with Gasteiger partial charge in [-0.3, -0.25) is 4.79 Å². The lowest BCUT2D eigenvalue weighted by Crippen LogP contribution is -2.05. The summed E-state index contributed by atoms with van der Waals surface area (Å²) in [5.41, 5.74) is 0.747. The van der Waals surface area contributed by atoms with Crippen LogP contribution in [0.3, 0.4) is 0 Å². The van der Waals surface area contributed by atoms with Crippen LogP contribution in [0.15, 0.2) is 17.5 Å². The van der Waals surface area contributed by atoms with E-state index in [4.69, 9.17) is 0 Å². The SMILES string of the molecule is COC(=O)Cc1csc(NCc2ccc(C)s2)n1. The van der Waals surface area contributed by atoms with Crippen LogP contribution in [0.2, 0.25) is 0 Å². The highest BCUT2D eigenvalue weighted by Crippen LogP contribution is 2.20. The predicted molar refractivity (Wildman–Crippen MR) is 74.2 cm³/mol. The van der Waals surface area contributed by atoms with Crippen molar-refractivity contribution in [2.24, 2.45) is 0 Å². The van der Waals surface area contributed by atoms with E-state index in [1.165, 1.54) is 28.2 Å². The van der Waals surface area contributed by atoms with Crippen molar-refractivity contribution in [1.82, 2.24) is 4.98 Å². The first-order chi connectivity index (χ1) is 8.67. The van der Waals surface area contributed by atoms with Crippen molar-refractivity contribution in [3.05, 3.63) is 33.0 Å². The second-order valence-corrected chi connectivity index (χ2v) is 5.99. The van der Waals surface area contributed by atoms with Crippen molar-refractivity contribution in [2.75, 3.05) is 12.4 Å². The number of anilines is 1. The molecule has 1 N–H and O–H groups in total. The van der Waals surface area contributed by atoms with Crippen LogP contribution in [0.4, 0.5) is 5.13 Å². The number of ether oxygens (including phenoxy) is 1. The molecule has 18 heavy (non-hydrogen) atoms. The van der Waals surface area contributed by atoms with Crippen LogP contribution in [0.25, 0.3) is 0 Å². The minimum absolute atomic E-state index is 0.229. The van der Waals surface area contributed by atoms with E-state index < -0.39 is 0 Å². The van der Waals surface area contributed by atoms with Crippen molar-refractivity contribution in [3.8, 4) is 0 Å². The lowest BCUT2D eigenvalue weighted by Gasteiger charge is -1.99. The Kier molecular flexibility index (Phi) is 4.33. The number of hydrogen-bond donors (Lipinski definition) is 1. The highest BCUT2D eigenvalue weighted by Gasteiger charge is 2.07. The quantitative estimate of drug-likeness (QED) is 0.857. The average molecular weight is 282 g/mol. The second kappa shape index (κ2) is 5.97. The zero-order valence-corrected chi connectivity index (χ0v) is 11.9. The summed E-state index contributed by atoms with van der Waals surface area (Å²) in [6, 6.07) is 4.21. The van der Waals surface area contributed by atoms with E-state index >= 15 is 0 Å². The van der Waals surface area contributed by atoms with Crippen molar-refractivity contribution in [2.45, 2.75) is 19.9 Å². The minimum Gasteiger partial charge on any atom is -0.469 e. The molecule has 0 amide bonds. The number of nitrogens with zero attached hydrogens (tertiary/aromatic N) is 1. The van der Waals surface area contributed by atoms with Gasteiger partial charge in [0, 0.05) is 15.1 Å². The Morgan fingerprint density at radius 1 is 1.50 bits per heavy atom. The Balaban J connectivity index is 1.88. The Hall–Kier alpha value is -1.40. The number of aromatic nitrogens is 1. The molecular formula is C12H14N2O2S2. The Morgan fingerprint density at radius 3 is 3.00 bits per heavy atom. The van der Waals surface area contributed by atoms with Crippen molar-refractivity contribution >= 4 is 33.8 Å². The summed E-state index contributed by atoms with van der Waals surface area (Å²) >= 11 is 3.27. The molecule has 2 heterocycles. The van der Waals surface area contributed by atoms with Crippen molar-refractivity contribution < 1.29 is 9.53 Å². The summed E-state index contributed by atoms with van der Waals surface area (Å²) in [4.78, 5) is 18.0. The van der Waals surface area contributed by atoms with Gasteiger partial charge in [-0.05, 0) is 19.1 Å². The van der Waals surface area contributed by atoms with Crippen LogP contribution in [0, 0.1) is 6.92 Å². The number of hydrogen-bond acceptors (Lipinski definition) is 6. The average Bonchev–Trinajstić information content (AvgIpc) is 2.96. The van der Waals surface area contributed by atoms with E-state index in [2.05, 4.69) is 34.1 Å². The van der Waals surface area contributed by atoms with Gasteiger partial charge >= 0.3 is 5.97 Å². The molecule has 4 nitrogen and oxygen atoms in total. The standard InChI is InChI=1S/C12H14N2O2S2/c1-8-3-4-10(18-8)6-13-12-14-9(7-17-12)5-11(15)16-2/h3-4,7H,5-6H2,1-2H3,(H,13,14). The number of carbonyl (C=O) groups is 1. The molecule has 0 atom stereocenters. The number of carbonyl (C=O) groups excluding carboxylic acids is 1. The number of thiazole rings is 1. The summed E-state index contributed by atoms with van der Waals surface area (Å²) in [6.45, 7) is 2.86. The zero-order chi connectivity index (χ0) is 13.0. The molecule has 6 heteroatoms. The van der Waals surface area contributed by atoms with Crippen molar-refractivity contribution in [1.29, 1.82) is 0 Å². The molecule has 2 aromatic heterocycles. The summed E-state index contributed by atoms with van der Waals surface area (Å²) in [6.07, 6.45) is 0.229. The molecular weight excluding hydrogens is 268 g/mol. The molecule has 96 valence electrons. The van der Waals surface area contributed by atoms with Gasteiger partial charge in [0.25, 0.3) is 0 Å². The number of methoxy groups -OCH3 is 1. The third-order valence-electron chi connectivity index (χ3n) is 2.31. The van der Waals surface area contributed by atoms with Crippen LogP contribution in [-0.4, -0.2) is 18.1 Å². The smallest absolute Gasteiger partial charge is 0.311 e. The summed E-state index contributed by atoms with van der Waals surface area (Å²) < 4.78 is 4.60. The lowest BCUT2D eigenvalue weighted by atomic mass is 10.3. The molecule has 2 aromatic rings. The predicted octanol–water partition coefficient (Wildman–Crippen LogP) is 2.84. The molecule has 0 saturated carbocycles. The van der Waals surface area contributed by atoms with Crippen LogP contribution in [-0.2, 0) is 22.5 Å². The summed E-state index contributed by atoms with van der Waals surface area (Å²) in [7, 11) is 1.38. The third-order valence-corrected chi connectivity index (χ3v) is 4.16. The fourth-order valence-electron chi connectivity index (χ4n) is 1.43. The monoisotopic (exact) mass is 282 g/mol. The summed E-state index contributed by atoms with van der Waals surface area (Å²) in [5, 5.41) is 5.96. The second-order valence-electron chi connectivity index (χ2n) is 3.76. The molecule has 0 unspecified atom stereocenters. The first kappa shape index (κ1) is 13.0. The first-order valence-corrected chi connectivity index (χ1v) is 7.17. The maximum absolute atomic E-state index is 11.1. The Labute approximate surface area is 114 Å². The van der Waals surface area contributed by atoms with Gasteiger partial charge in [0.1, 0.15) is 0 Å². The van der Waals surface area contributed by atoms with Gasteiger partial charge < -0.3 is 10.1 Å². The van der Waals surface area contributed by atoms with Crippen molar-refractivity contribution in [3.63, 3.8) is 0 Å². The Bertz CT molecular complexity index is 534. The number of nitrogens with one attached hydrogen (secondary N) is 1. The van der Waals surface area contributed by atoms with Crippen LogP contribution in [0.5, 0.6) is 0 Å². The minimum atomic E-state index is -0.263. The molecule has 0 aliphatic carbocycles. The Morgan fingerprint density at radius 2 is 2.33 bits per heavy atom. The number of thiophene rings is 1. The normalized spacial score (nSPS) is 10.3. The van der Waals surface area contributed by atoms with E-state index in [-0.39, 0.29) is 12.4 Å². The number of rotatable bonds is 5. The van der Waals surface area contributed by atoms with E-state index in [1.807, 2.05) is 5.38 Å². The highest BCUT2D eigenvalue weighted by atomic mass is 32.1. The number of esters is 1. The zero-order valence-electron chi connectivity index (χ0n) is 10.2. The van der Waals surface area contributed by atoms with E-state index in [0.717, 1.165) is 17.4 Å². The van der Waals surface area contributed by atoms with Gasteiger partial charge in [-0.2, -0.15) is 0 Å². The molecule has 0 fully saturated rings. The van der Waals surface area contributed by atoms with Gasteiger partial charge in [-0.15, -0.1) is 22.7 Å². The lowest BCUT2D eigenvalue weighted by molar-refractivity contribution is -0.139. The van der Waals surface area contributed by atoms with Crippen LogP contribution < -0.4 is 5.32 Å². The fourth-order valence-corrected chi connectivity index (χ4v) is 2.97. The fraction of sp³-hybridized carbons (Fsp3) is 0.333. The van der Waals surface area contributed by atoms with E-state index in [9.17, 15) is 4.79 Å². The molecule has 0 saturated heterocycles. The molecule has 0 radical (unpaired) electrons. The highest BCUT2D eigenvalue weighted by molar-refractivity contribution is 7.13. The first-order valence-electron chi connectivity index (χ1n) is 5.48. The van der Waals surface area contributed by atoms with Gasteiger partial charge in [-0.1, -0.05) is 0 Å². The molecule has 0 aromatic carbocycles. The van der Waals surface area contributed by atoms with E-state index in [0.29, 0.717) is 0 Å². The molecule has 2 rings (SSSR count). The van der Waals surface area contributed by atoms with Gasteiger partial charge in [-0.25, -0.2) is 4.98 Å². The van der Waals surface area contributed by atoms with Crippen LogP contribution >= 0.6 is 22.7 Å². The van der Waals surface area contributed by atoms with Gasteiger partial charge in [0.05, 0.1) is 25.8 Å². The molecule has 0 aliphatic rings. The van der Waals surface area contributed by atoms with Crippen LogP contribution in [0.1, 0.15) is 15.4 Å². The topological polar surface area (TPSA) is 51.2 Å². The largest absolute Gasteiger partial charge is 0.469 e. The molecule has 0 spiro atoms. The van der Waals surface area contributed by atoms with E-state index in [1.54, 1.807) is 11.3 Å². The maximum atomic E-state index is 11.1.